The maximum absolute atomic E-state index is 12.8. The average molecular weight is 442 g/mol. The number of benzene rings is 2. The highest BCUT2D eigenvalue weighted by molar-refractivity contribution is 7.89. The zero-order chi connectivity index (χ0) is 20.5. The molecule has 0 atom stereocenters. The summed E-state index contributed by atoms with van der Waals surface area (Å²) in [6, 6.07) is 11.6. The van der Waals surface area contributed by atoms with E-state index in [4.69, 9.17) is 23.2 Å². The zero-order valence-corrected chi connectivity index (χ0v) is 17.9. The predicted molar refractivity (Wildman–Crippen MR) is 112 cm³/mol. The minimum Gasteiger partial charge on any atom is -0.378 e. The van der Waals surface area contributed by atoms with E-state index in [2.05, 4.69) is 0 Å². The molecule has 1 heterocycles. The molecule has 28 heavy (non-hydrogen) atoms. The number of amides is 1. The van der Waals surface area contributed by atoms with Crippen molar-refractivity contribution in [3.05, 3.63) is 58.1 Å². The number of rotatable bonds is 4. The van der Waals surface area contributed by atoms with Crippen molar-refractivity contribution in [2.75, 3.05) is 45.2 Å². The second kappa shape index (κ2) is 8.29. The smallest absolute Gasteiger partial charge is 0.254 e. The molecule has 9 heteroatoms. The third kappa shape index (κ3) is 4.27. The number of piperazine rings is 1. The second-order valence-electron chi connectivity index (χ2n) is 6.72. The molecule has 6 nitrogen and oxygen atoms in total. The topological polar surface area (TPSA) is 60.9 Å². The Morgan fingerprint density at radius 3 is 2.25 bits per heavy atom. The number of hydrogen-bond acceptors (Lipinski definition) is 4. The van der Waals surface area contributed by atoms with Crippen LogP contribution < -0.4 is 4.90 Å². The lowest BCUT2D eigenvalue weighted by atomic mass is 10.1. The van der Waals surface area contributed by atoms with E-state index < -0.39 is 10.0 Å². The van der Waals surface area contributed by atoms with Gasteiger partial charge in [0.25, 0.3) is 5.91 Å². The molecule has 2 aromatic carbocycles. The van der Waals surface area contributed by atoms with Crippen molar-refractivity contribution < 1.29 is 13.2 Å². The molecule has 1 aliphatic heterocycles. The molecule has 0 saturated carbocycles. The first kappa shape index (κ1) is 20.9. The maximum atomic E-state index is 12.8. The van der Waals surface area contributed by atoms with E-state index in [0.717, 1.165) is 5.69 Å². The van der Waals surface area contributed by atoms with E-state index in [1.54, 1.807) is 11.0 Å². The molecule has 0 bridgehead atoms. The highest BCUT2D eigenvalue weighted by Gasteiger charge is 2.30. The first-order chi connectivity index (χ1) is 13.2. The van der Waals surface area contributed by atoms with Gasteiger partial charge in [0.05, 0.1) is 14.9 Å². The van der Waals surface area contributed by atoms with Gasteiger partial charge < -0.3 is 9.80 Å². The van der Waals surface area contributed by atoms with E-state index in [1.165, 1.54) is 22.5 Å². The van der Waals surface area contributed by atoms with E-state index in [9.17, 15) is 13.2 Å². The molecule has 1 fully saturated rings. The van der Waals surface area contributed by atoms with Crippen LogP contribution in [0.3, 0.4) is 0 Å². The van der Waals surface area contributed by atoms with Crippen molar-refractivity contribution in [1.29, 1.82) is 0 Å². The fraction of sp³-hybridized carbons (Fsp3) is 0.316. The van der Waals surface area contributed by atoms with Crippen LogP contribution in [0.25, 0.3) is 0 Å². The number of carbonyl (C=O) groups is 1. The van der Waals surface area contributed by atoms with Crippen molar-refractivity contribution in [2.24, 2.45) is 0 Å². The van der Waals surface area contributed by atoms with Gasteiger partial charge in [-0.2, -0.15) is 4.31 Å². The maximum Gasteiger partial charge on any atom is 0.254 e. The van der Waals surface area contributed by atoms with Crippen molar-refractivity contribution in [3.63, 3.8) is 0 Å². The van der Waals surface area contributed by atoms with Gasteiger partial charge in [-0.05, 0) is 36.4 Å². The first-order valence-corrected chi connectivity index (χ1v) is 10.9. The second-order valence-corrected chi connectivity index (χ2v) is 9.47. The van der Waals surface area contributed by atoms with Gasteiger partial charge in [0.2, 0.25) is 10.0 Å². The Morgan fingerprint density at radius 2 is 1.64 bits per heavy atom. The number of halogens is 2. The van der Waals surface area contributed by atoms with Gasteiger partial charge >= 0.3 is 0 Å². The van der Waals surface area contributed by atoms with Gasteiger partial charge in [0, 0.05) is 51.5 Å². The molecule has 0 radical (unpaired) electrons. The summed E-state index contributed by atoms with van der Waals surface area (Å²) in [5.74, 6) is -0.102. The lowest BCUT2D eigenvalue weighted by Crippen LogP contribution is -2.50. The summed E-state index contributed by atoms with van der Waals surface area (Å²) in [6.45, 7) is 1.10. The molecular weight excluding hydrogens is 421 g/mol. The Kier molecular flexibility index (Phi) is 6.19. The van der Waals surface area contributed by atoms with E-state index in [1.807, 2.05) is 37.2 Å². The molecule has 0 N–H and O–H groups in total. The van der Waals surface area contributed by atoms with Crippen LogP contribution in [0.4, 0.5) is 5.69 Å². The molecule has 0 aromatic heterocycles. The standard InChI is InChI=1S/C19H21Cl2N3O3S/c1-22(2)15-5-3-4-14(12-15)19(25)23-8-10-24(11-9-23)28(26,27)16-6-7-17(20)18(21)13-16/h3-7,12-13H,8-11H2,1-2H3. The predicted octanol–water partition coefficient (Wildman–Crippen LogP) is 3.21. The zero-order valence-electron chi connectivity index (χ0n) is 15.6. The molecule has 0 unspecified atom stereocenters. The van der Waals surface area contributed by atoms with Gasteiger partial charge in [-0.25, -0.2) is 8.42 Å². The van der Waals surface area contributed by atoms with E-state index in [0.29, 0.717) is 23.7 Å². The summed E-state index contributed by atoms with van der Waals surface area (Å²) in [7, 11) is 0.138. The Hall–Kier alpha value is -1.80. The number of carbonyl (C=O) groups excluding carboxylic acids is 1. The summed E-state index contributed by atoms with van der Waals surface area (Å²) in [5, 5.41) is 0.494. The SMILES string of the molecule is CN(C)c1cccc(C(=O)N2CCN(S(=O)(=O)c3ccc(Cl)c(Cl)c3)CC2)c1. The molecule has 0 spiro atoms. The largest absolute Gasteiger partial charge is 0.378 e. The molecule has 150 valence electrons. The van der Waals surface area contributed by atoms with Crippen LogP contribution in [-0.4, -0.2) is 63.8 Å². The number of anilines is 1. The van der Waals surface area contributed by atoms with Crippen LogP contribution in [0.1, 0.15) is 10.4 Å². The first-order valence-electron chi connectivity index (χ1n) is 8.72. The molecule has 1 aliphatic rings. The Bertz CT molecular complexity index is 988. The van der Waals surface area contributed by atoms with Gasteiger partial charge in [-0.1, -0.05) is 29.3 Å². The molecule has 2 aromatic rings. The van der Waals surface area contributed by atoms with Crippen LogP contribution >= 0.6 is 23.2 Å². The molecule has 1 amide bonds. The van der Waals surface area contributed by atoms with Gasteiger partial charge in [0.15, 0.2) is 0 Å². The van der Waals surface area contributed by atoms with Crippen LogP contribution in [0.15, 0.2) is 47.4 Å². The molecule has 1 saturated heterocycles. The highest BCUT2D eigenvalue weighted by Crippen LogP contribution is 2.27. The summed E-state index contributed by atoms with van der Waals surface area (Å²) >= 11 is 11.8. The molecule has 3 rings (SSSR count). The summed E-state index contributed by atoms with van der Waals surface area (Å²) in [5.41, 5.74) is 1.53. The van der Waals surface area contributed by atoms with Crippen molar-refractivity contribution in [3.8, 4) is 0 Å². The van der Waals surface area contributed by atoms with Gasteiger partial charge in [0.1, 0.15) is 0 Å². The lowest BCUT2D eigenvalue weighted by Gasteiger charge is -2.34. The van der Waals surface area contributed by atoms with E-state index >= 15 is 0 Å². The molecular formula is C19H21Cl2N3O3S. The monoisotopic (exact) mass is 441 g/mol. The fourth-order valence-electron chi connectivity index (χ4n) is 3.02. The summed E-state index contributed by atoms with van der Waals surface area (Å²) in [4.78, 5) is 16.5. The lowest BCUT2D eigenvalue weighted by molar-refractivity contribution is 0.0698. The van der Waals surface area contributed by atoms with Crippen LogP contribution in [0.2, 0.25) is 10.0 Å². The third-order valence-electron chi connectivity index (χ3n) is 4.66. The van der Waals surface area contributed by atoms with Crippen molar-refractivity contribution in [2.45, 2.75) is 4.90 Å². The average Bonchev–Trinajstić information content (AvgIpc) is 2.69. The van der Waals surface area contributed by atoms with Crippen LogP contribution in [0.5, 0.6) is 0 Å². The van der Waals surface area contributed by atoms with Crippen molar-refractivity contribution in [1.82, 2.24) is 9.21 Å². The Balaban J connectivity index is 1.71. The van der Waals surface area contributed by atoms with Crippen molar-refractivity contribution >= 4 is 44.8 Å². The highest BCUT2D eigenvalue weighted by atomic mass is 35.5. The Labute approximate surface area is 175 Å². The third-order valence-corrected chi connectivity index (χ3v) is 7.30. The van der Waals surface area contributed by atoms with Crippen LogP contribution in [0, 0.1) is 0 Å². The van der Waals surface area contributed by atoms with Gasteiger partial charge in [-0.15, -0.1) is 0 Å². The summed E-state index contributed by atoms with van der Waals surface area (Å²) in [6.07, 6.45) is 0. The number of sulfonamides is 1. The molecule has 0 aliphatic carbocycles. The minimum atomic E-state index is -3.69. The minimum absolute atomic E-state index is 0.0976. The van der Waals surface area contributed by atoms with Crippen LogP contribution in [-0.2, 0) is 10.0 Å². The quantitative estimate of drug-likeness (QED) is 0.730. The number of hydrogen-bond donors (Lipinski definition) is 0. The Morgan fingerprint density at radius 1 is 0.964 bits per heavy atom. The van der Waals surface area contributed by atoms with Gasteiger partial charge in [-0.3, -0.25) is 4.79 Å². The fourth-order valence-corrected chi connectivity index (χ4v) is 4.83. The summed E-state index contributed by atoms with van der Waals surface area (Å²) < 4.78 is 27.0. The number of nitrogens with zero attached hydrogens (tertiary/aromatic N) is 3. The normalized spacial score (nSPS) is 15.5. The van der Waals surface area contributed by atoms with E-state index in [-0.39, 0.29) is 28.9 Å².